The number of alkyl carbamates (subject to hydrolysis) is 1. The third-order valence-corrected chi connectivity index (χ3v) is 4.36. The highest BCUT2D eigenvalue weighted by Crippen LogP contribution is 2.08. The zero-order chi connectivity index (χ0) is 23.3. The standard InChI is InChI=1S/C22H39N5O4.HI/c1-7-8-10-17(15-26-21(29)31-22(3,4)5)27-20(23-6)25-13-9-12-24-19(28)18-16(2)11-14-30-18;/h11,14,17H,7-10,12-13,15H2,1-6H3,(H,24,28)(H,26,29)(H2,23,25,27);1H. The molecule has 184 valence electrons. The lowest BCUT2D eigenvalue weighted by atomic mass is 10.1. The summed E-state index contributed by atoms with van der Waals surface area (Å²) in [7, 11) is 1.70. The van der Waals surface area contributed by atoms with Crippen LogP contribution in [-0.4, -0.2) is 56.3 Å². The Morgan fingerprint density at radius 2 is 1.84 bits per heavy atom. The van der Waals surface area contributed by atoms with Gasteiger partial charge < -0.3 is 30.4 Å². The molecule has 0 saturated carbocycles. The normalized spacial score (nSPS) is 12.4. The molecule has 1 atom stereocenters. The van der Waals surface area contributed by atoms with Crippen LogP contribution < -0.4 is 21.3 Å². The van der Waals surface area contributed by atoms with Crippen LogP contribution in [0.5, 0.6) is 0 Å². The smallest absolute Gasteiger partial charge is 0.407 e. The van der Waals surface area contributed by atoms with Crippen molar-refractivity contribution in [1.82, 2.24) is 21.3 Å². The Morgan fingerprint density at radius 1 is 1.16 bits per heavy atom. The first-order chi connectivity index (χ1) is 14.7. The van der Waals surface area contributed by atoms with Gasteiger partial charge in [0.25, 0.3) is 5.91 Å². The molecule has 0 saturated heterocycles. The third-order valence-electron chi connectivity index (χ3n) is 4.36. The topological polar surface area (TPSA) is 117 Å². The number of aliphatic imine (C=N–C) groups is 1. The van der Waals surface area contributed by atoms with Gasteiger partial charge in [-0.15, -0.1) is 24.0 Å². The number of ether oxygens (including phenoxy) is 1. The van der Waals surface area contributed by atoms with E-state index in [1.165, 1.54) is 6.26 Å². The second kappa shape index (κ2) is 15.8. The minimum atomic E-state index is -0.529. The maximum Gasteiger partial charge on any atom is 0.407 e. The number of rotatable bonds is 11. The van der Waals surface area contributed by atoms with Crippen molar-refractivity contribution in [2.75, 3.05) is 26.7 Å². The van der Waals surface area contributed by atoms with Gasteiger partial charge in [0.2, 0.25) is 0 Å². The predicted molar refractivity (Wildman–Crippen MR) is 138 cm³/mol. The quantitative estimate of drug-likeness (QED) is 0.141. The molecule has 0 aliphatic heterocycles. The van der Waals surface area contributed by atoms with Crippen LogP contribution >= 0.6 is 24.0 Å². The minimum absolute atomic E-state index is 0. The van der Waals surface area contributed by atoms with E-state index in [1.807, 2.05) is 27.7 Å². The summed E-state index contributed by atoms with van der Waals surface area (Å²) in [6.45, 7) is 11.1. The number of hydrogen-bond donors (Lipinski definition) is 4. The summed E-state index contributed by atoms with van der Waals surface area (Å²) >= 11 is 0. The predicted octanol–water partition coefficient (Wildman–Crippen LogP) is 3.57. The van der Waals surface area contributed by atoms with Crippen LogP contribution in [0.3, 0.4) is 0 Å². The van der Waals surface area contributed by atoms with E-state index in [0.717, 1.165) is 31.2 Å². The van der Waals surface area contributed by atoms with Gasteiger partial charge in [0.05, 0.1) is 6.26 Å². The van der Waals surface area contributed by atoms with Gasteiger partial charge in [-0.25, -0.2) is 4.79 Å². The van der Waals surface area contributed by atoms with Crippen LogP contribution in [0.2, 0.25) is 0 Å². The molecule has 9 nitrogen and oxygen atoms in total. The van der Waals surface area contributed by atoms with Crippen LogP contribution in [0.15, 0.2) is 21.7 Å². The lowest BCUT2D eigenvalue weighted by Gasteiger charge is -2.24. The summed E-state index contributed by atoms with van der Waals surface area (Å²) in [5, 5.41) is 12.3. The van der Waals surface area contributed by atoms with Gasteiger partial charge in [0, 0.05) is 38.3 Å². The van der Waals surface area contributed by atoms with Crippen LogP contribution in [0.4, 0.5) is 4.79 Å². The fraction of sp³-hybridized carbons (Fsp3) is 0.682. The van der Waals surface area contributed by atoms with Gasteiger partial charge in [-0.2, -0.15) is 0 Å². The Bertz CT molecular complexity index is 715. The average Bonchev–Trinajstić information content (AvgIpc) is 3.12. The van der Waals surface area contributed by atoms with Gasteiger partial charge in [0.1, 0.15) is 5.60 Å². The molecule has 1 unspecified atom stereocenters. The number of halogens is 1. The van der Waals surface area contributed by atoms with Crippen molar-refractivity contribution in [3.8, 4) is 0 Å². The zero-order valence-corrected chi connectivity index (χ0v) is 22.5. The molecule has 0 bridgehead atoms. The van der Waals surface area contributed by atoms with Gasteiger partial charge >= 0.3 is 6.09 Å². The van der Waals surface area contributed by atoms with E-state index in [0.29, 0.717) is 31.4 Å². The lowest BCUT2D eigenvalue weighted by molar-refractivity contribution is 0.0522. The van der Waals surface area contributed by atoms with Crippen LogP contribution in [0, 0.1) is 6.92 Å². The fourth-order valence-corrected chi connectivity index (χ4v) is 2.77. The number of unbranched alkanes of at least 4 members (excludes halogenated alkanes) is 1. The van der Waals surface area contributed by atoms with Crippen LogP contribution in [-0.2, 0) is 4.74 Å². The van der Waals surface area contributed by atoms with Crippen molar-refractivity contribution < 1.29 is 18.7 Å². The maximum atomic E-state index is 12.0. The number of hydrogen-bond acceptors (Lipinski definition) is 5. The van der Waals surface area contributed by atoms with Crippen molar-refractivity contribution in [2.24, 2.45) is 4.99 Å². The Balaban J connectivity index is 0.00000961. The molecular weight excluding hydrogens is 525 g/mol. The fourth-order valence-electron chi connectivity index (χ4n) is 2.77. The molecule has 0 aromatic carbocycles. The van der Waals surface area contributed by atoms with Crippen molar-refractivity contribution in [1.29, 1.82) is 0 Å². The van der Waals surface area contributed by atoms with Gasteiger partial charge in [-0.3, -0.25) is 9.79 Å². The largest absolute Gasteiger partial charge is 0.459 e. The van der Waals surface area contributed by atoms with Crippen LogP contribution in [0.25, 0.3) is 0 Å². The molecule has 2 amide bonds. The summed E-state index contributed by atoms with van der Waals surface area (Å²) in [6.07, 6.45) is 4.79. The maximum absolute atomic E-state index is 12.0. The van der Waals surface area contributed by atoms with E-state index in [-0.39, 0.29) is 35.9 Å². The highest BCUT2D eigenvalue weighted by molar-refractivity contribution is 14.0. The molecule has 0 aliphatic carbocycles. The zero-order valence-electron chi connectivity index (χ0n) is 20.2. The molecular formula is C22H40IN5O4. The highest BCUT2D eigenvalue weighted by Gasteiger charge is 2.18. The molecule has 1 aromatic heterocycles. The number of guanidine groups is 1. The summed E-state index contributed by atoms with van der Waals surface area (Å²) in [5.41, 5.74) is 0.289. The number of amides is 2. The lowest BCUT2D eigenvalue weighted by Crippen LogP contribution is -2.49. The van der Waals surface area contributed by atoms with Crippen LogP contribution in [0.1, 0.15) is 69.5 Å². The van der Waals surface area contributed by atoms with E-state index in [1.54, 1.807) is 13.1 Å². The monoisotopic (exact) mass is 565 g/mol. The second-order valence-corrected chi connectivity index (χ2v) is 8.41. The van der Waals surface area contributed by atoms with E-state index < -0.39 is 11.7 Å². The first kappa shape index (κ1) is 30.0. The highest BCUT2D eigenvalue weighted by atomic mass is 127. The molecule has 10 heteroatoms. The SMILES string of the molecule is CCCCC(CNC(=O)OC(C)(C)C)NC(=NC)NCCCNC(=O)c1occc1C.I. The van der Waals surface area contributed by atoms with E-state index in [4.69, 9.17) is 9.15 Å². The Hall–Kier alpha value is -1.98. The number of aryl methyl sites for hydroxylation is 1. The number of nitrogens with zero attached hydrogens (tertiary/aromatic N) is 1. The van der Waals surface area contributed by atoms with Gasteiger partial charge in [-0.1, -0.05) is 19.8 Å². The van der Waals surface area contributed by atoms with E-state index in [9.17, 15) is 9.59 Å². The van der Waals surface area contributed by atoms with Crippen molar-refractivity contribution in [2.45, 2.75) is 71.9 Å². The molecule has 1 aromatic rings. The molecule has 0 radical (unpaired) electrons. The molecule has 0 aliphatic rings. The van der Waals surface area contributed by atoms with Gasteiger partial charge in [-0.05, 0) is 46.6 Å². The molecule has 0 fully saturated rings. The Kier molecular flexibility index (Phi) is 14.8. The Labute approximate surface area is 208 Å². The summed E-state index contributed by atoms with van der Waals surface area (Å²) in [6, 6.07) is 1.79. The summed E-state index contributed by atoms with van der Waals surface area (Å²) in [4.78, 5) is 28.2. The molecule has 32 heavy (non-hydrogen) atoms. The first-order valence-electron chi connectivity index (χ1n) is 10.9. The van der Waals surface area contributed by atoms with E-state index in [2.05, 4.69) is 33.2 Å². The van der Waals surface area contributed by atoms with Crippen molar-refractivity contribution in [3.63, 3.8) is 0 Å². The first-order valence-corrected chi connectivity index (χ1v) is 10.9. The number of furan rings is 1. The number of carbonyl (C=O) groups excluding carboxylic acids is 2. The van der Waals surface area contributed by atoms with Crippen molar-refractivity contribution >= 4 is 41.9 Å². The third kappa shape index (κ3) is 12.8. The van der Waals surface area contributed by atoms with E-state index >= 15 is 0 Å². The molecule has 4 N–H and O–H groups in total. The summed E-state index contributed by atoms with van der Waals surface area (Å²) < 4.78 is 10.5. The average molecular weight is 565 g/mol. The molecule has 1 heterocycles. The summed E-state index contributed by atoms with van der Waals surface area (Å²) in [5.74, 6) is 0.792. The molecule has 1 rings (SSSR count). The van der Waals surface area contributed by atoms with Gasteiger partial charge in [0.15, 0.2) is 11.7 Å². The second-order valence-electron chi connectivity index (χ2n) is 8.41. The number of nitrogens with one attached hydrogen (secondary N) is 4. The van der Waals surface area contributed by atoms with Crippen molar-refractivity contribution in [3.05, 3.63) is 23.7 Å². The number of carbonyl (C=O) groups is 2. The Morgan fingerprint density at radius 3 is 2.41 bits per heavy atom. The minimum Gasteiger partial charge on any atom is -0.459 e. The molecule has 0 spiro atoms.